The van der Waals surface area contributed by atoms with Gasteiger partial charge in [-0.25, -0.2) is 0 Å². The highest BCUT2D eigenvalue weighted by atomic mass is 16.7. The Balaban J connectivity index is 1.74. The Morgan fingerprint density at radius 1 is 1.31 bits per heavy atom. The minimum atomic E-state index is -0.325. The van der Waals surface area contributed by atoms with Crippen molar-refractivity contribution in [1.29, 1.82) is 0 Å². The molecule has 0 aromatic heterocycles. The van der Waals surface area contributed by atoms with Crippen molar-refractivity contribution >= 4 is 0 Å². The number of ether oxygens (including phenoxy) is 2. The smallest absolute Gasteiger partial charge is 0.158 e. The van der Waals surface area contributed by atoms with Crippen LogP contribution in [0, 0.1) is 0 Å². The highest BCUT2D eigenvalue weighted by Gasteiger charge is 2.22. The summed E-state index contributed by atoms with van der Waals surface area (Å²) in [7, 11) is 0. The molecule has 3 atom stereocenters. The monoisotopic (exact) mass is 184 g/mol. The molecule has 1 aliphatic heterocycles. The summed E-state index contributed by atoms with van der Waals surface area (Å²) >= 11 is 0. The summed E-state index contributed by atoms with van der Waals surface area (Å²) in [5.74, 6) is 0. The van der Waals surface area contributed by atoms with Crippen LogP contribution in [0.25, 0.3) is 0 Å². The molecule has 0 saturated carbocycles. The molecule has 0 radical (unpaired) electrons. The molecule has 1 fully saturated rings. The van der Waals surface area contributed by atoms with E-state index >= 15 is 0 Å². The Morgan fingerprint density at radius 3 is 2.85 bits per heavy atom. The van der Waals surface area contributed by atoms with E-state index in [1.807, 2.05) is 6.08 Å². The van der Waals surface area contributed by atoms with Gasteiger partial charge < -0.3 is 14.6 Å². The van der Waals surface area contributed by atoms with Crippen molar-refractivity contribution in [2.45, 2.75) is 44.2 Å². The molecular weight excluding hydrogens is 168 g/mol. The van der Waals surface area contributed by atoms with Crippen LogP contribution in [0.1, 0.15) is 25.7 Å². The highest BCUT2D eigenvalue weighted by Crippen LogP contribution is 2.20. The average Bonchev–Trinajstić information content (AvgIpc) is 2.53. The van der Waals surface area contributed by atoms with E-state index in [4.69, 9.17) is 9.47 Å². The Kier molecular flexibility index (Phi) is 2.98. The van der Waals surface area contributed by atoms with E-state index in [-0.39, 0.29) is 18.5 Å². The molecule has 1 heterocycles. The first-order chi connectivity index (χ1) is 6.34. The van der Waals surface area contributed by atoms with E-state index in [1.165, 1.54) is 6.42 Å². The van der Waals surface area contributed by atoms with Crippen LogP contribution in [0.5, 0.6) is 0 Å². The van der Waals surface area contributed by atoms with Gasteiger partial charge in [-0.1, -0.05) is 12.2 Å². The predicted octanol–water partition coefficient (Wildman–Crippen LogP) is 1.22. The second-order valence-electron chi connectivity index (χ2n) is 3.66. The van der Waals surface area contributed by atoms with Crippen LogP contribution in [0.15, 0.2) is 12.2 Å². The average molecular weight is 184 g/mol. The van der Waals surface area contributed by atoms with Gasteiger partial charge in [0.2, 0.25) is 0 Å². The molecule has 0 bridgehead atoms. The highest BCUT2D eigenvalue weighted by molar-refractivity contribution is 5.03. The maximum absolute atomic E-state index is 9.22. The predicted molar refractivity (Wildman–Crippen MR) is 48.2 cm³/mol. The lowest BCUT2D eigenvalue weighted by Gasteiger charge is -2.25. The first-order valence-corrected chi connectivity index (χ1v) is 4.98. The van der Waals surface area contributed by atoms with E-state index in [0.717, 1.165) is 19.4 Å². The molecule has 1 aliphatic carbocycles. The summed E-state index contributed by atoms with van der Waals surface area (Å²) in [5, 5.41) is 9.22. The molecule has 0 aromatic rings. The number of hydrogen-bond acceptors (Lipinski definition) is 3. The van der Waals surface area contributed by atoms with Crippen LogP contribution >= 0.6 is 0 Å². The van der Waals surface area contributed by atoms with Gasteiger partial charge in [0, 0.05) is 13.0 Å². The summed E-state index contributed by atoms with van der Waals surface area (Å²) in [6.07, 6.45) is 7.38. The quantitative estimate of drug-likeness (QED) is 0.656. The SMILES string of the molecule is O[C@H]1C=C[C@H](OC2CCCCO2)C1. The molecule has 1 unspecified atom stereocenters. The molecule has 3 nitrogen and oxygen atoms in total. The van der Waals surface area contributed by atoms with Gasteiger partial charge in [0.25, 0.3) is 0 Å². The van der Waals surface area contributed by atoms with Crippen LogP contribution in [0.2, 0.25) is 0 Å². The van der Waals surface area contributed by atoms with Gasteiger partial charge in [-0.3, -0.25) is 0 Å². The lowest BCUT2D eigenvalue weighted by Crippen LogP contribution is -2.26. The Bertz CT molecular complexity index is 185. The molecule has 13 heavy (non-hydrogen) atoms. The molecule has 2 rings (SSSR count). The van der Waals surface area contributed by atoms with Crippen molar-refractivity contribution < 1.29 is 14.6 Å². The van der Waals surface area contributed by atoms with Crippen molar-refractivity contribution in [3.63, 3.8) is 0 Å². The van der Waals surface area contributed by atoms with Gasteiger partial charge >= 0.3 is 0 Å². The standard InChI is InChI=1S/C10H16O3/c11-8-4-5-9(7-8)13-10-3-1-2-6-12-10/h4-5,8-11H,1-3,6-7H2/t8-,9-,10?/m0/s1. The largest absolute Gasteiger partial charge is 0.389 e. The van der Waals surface area contributed by atoms with Gasteiger partial charge in [0.1, 0.15) is 0 Å². The molecule has 1 N–H and O–H groups in total. The maximum Gasteiger partial charge on any atom is 0.158 e. The third-order valence-corrected chi connectivity index (χ3v) is 2.49. The van der Waals surface area contributed by atoms with Gasteiger partial charge in [-0.05, 0) is 19.3 Å². The molecular formula is C10H16O3. The second kappa shape index (κ2) is 4.22. The normalized spacial score (nSPS) is 39.6. The van der Waals surface area contributed by atoms with Crippen LogP contribution in [0.4, 0.5) is 0 Å². The molecule has 2 aliphatic rings. The molecule has 0 spiro atoms. The molecule has 0 amide bonds. The summed E-state index contributed by atoms with van der Waals surface area (Å²) in [4.78, 5) is 0. The van der Waals surface area contributed by atoms with E-state index in [9.17, 15) is 5.11 Å². The fourth-order valence-electron chi connectivity index (χ4n) is 1.76. The fourth-order valence-corrected chi connectivity index (χ4v) is 1.76. The molecule has 3 heteroatoms. The van der Waals surface area contributed by atoms with Gasteiger partial charge in [0.15, 0.2) is 6.29 Å². The van der Waals surface area contributed by atoms with Crippen molar-refractivity contribution in [3.05, 3.63) is 12.2 Å². The van der Waals surface area contributed by atoms with Crippen LogP contribution in [-0.2, 0) is 9.47 Å². The zero-order valence-corrected chi connectivity index (χ0v) is 7.69. The summed E-state index contributed by atoms with van der Waals surface area (Å²) < 4.78 is 11.1. The minimum absolute atomic E-state index is 0.0475. The lowest BCUT2D eigenvalue weighted by molar-refractivity contribution is -0.179. The van der Waals surface area contributed by atoms with Crippen LogP contribution in [-0.4, -0.2) is 30.2 Å². The number of aliphatic hydroxyl groups excluding tert-OH is 1. The molecule has 0 aromatic carbocycles. The van der Waals surface area contributed by atoms with E-state index in [1.54, 1.807) is 6.08 Å². The van der Waals surface area contributed by atoms with Crippen LogP contribution in [0.3, 0.4) is 0 Å². The second-order valence-corrected chi connectivity index (χ2v) is 3.66. The number of aliphatic hydroxyl groups is 1. The molecule has 1 saturated heterocycles. The summed E-state index contributed by atoms with van der Waals surface area (Å²) in [6.45, 7) is 0.809. The van der Waals surface area contributed by atoms with Gasteiger partial charge in [-0.2, -0.15) is 0 Å². The Labute approximate surface area is 78.3 Å². The first kappa shape index (κ1) is 9.19. The minimum Gasteiger partial charge on any atom is -0.389 e. The van der Waals surface area contributed by atoms with Crippen molar-refractivity contribution in [2.24, 2.45) is 0 Å². The van der Waals surface area contributed by atoms with Crippen molar-refractivity contribution in [1.82, 2.24) is 0 Å². The summed E-state index contributed by atoms with van der Waals surface area (Å²) in [5.41, 5.74) is 0. The zero-order chi connectivity index (χ0) is 9.10. The zero-order valence-electron chi connectivity index (χ0n) is 7.69. The maximum atomic E-state index is 9.22. The number of rotatable bonds is 2. The van der Waals surface area contributed by atoms with E-state index < -0.39 is 0 Å². The van der Waals surface area contributed by atoms with Crippen LogP contribution < -0.4 is 0 Å². The fraction of sp³-hybridized carbons (Fsp3) is 0.800. The van der Waals surface area contributed by atoms with Crippen molar-refractivity contribution in [2.75, 3.05) is 6.61 Å². The first-order valence-electron chi connectivity index (χ1n) is 4.98. The Morgan fingerprint density at radius 2 is 2.23 bits per heavy atom. The van der Waals surface area contributed by atoms with Gasteiger partial charge in [-0.15, -0.1) is 0 Å². The molecule has 74 valence electrons. The Hall–Kier alpha value is -0.380. The topological polar surface area (TPSA) is 38.7 Å². The lowest BCUT2D eigenvalue weighted by atomic mass is 10.2. The van der Waals surface area contributed by atoms with Crippen molar-refractivity contribution in [3.8, 4) is 0 Å². The summed E-state index contributed by atoms with van der Waals surface area (Å²) in [6, 6.07) is 0. The van der Waals surface area contributed by atoms with E-state index in [0.29, 0.717) is 6.42 Å². The van der Waals surface area contributed by atoms with Gasteiger partial charge in [0.05, 0.1) is 12.2 Å². The number of hydrogen-bond donors (Lipinski definition) is 1. The third-order valence-electron chi connectivity index (χ3n) is 2.49. The third kappa shape index (κ3) is 2.53. The van der Waals surface area contributed by atoms with E-state index in [2.05, 4.69) is 0 Å².